The van der Waals surface area contributed by atoms with Crippen LogP contribution in [0.25, 0.3) is 10.9 Å². The van der Waals surface area contributed by atoms with Crippen molar-refractivity contribution < 1.29 is 27.5 Å². The molecule has 0 atom stereocenters. The number of carbonyl (C=O) groups excluding carboxylic acids is 2. The molecule has 0 N–H and O–H groups in total. The predicted molar refractivity (Wildman–Crippen MR) is 74.9 cm³/mol. The Balaban J connectivity index is 2.91. The Bertz CT molecular complexity index is 879. The fraction of sp³-hybridized carbons (Fsp3) is 0.214. The third-order valence-corrected chi connectivity index (χ3v) is 3.11. The van der Waals surface area contributed by atoms with Crippen LogP contribution in [0.1, 0.15) is 17.3 Å². The van der Waals surface area contributed by atoms with E-state index < -0.39 is 57.1 Å². The van der Waals surface area contributed by atoms with Crippen molar-refractivity contribution in [2.75, 3.05) is 6.61 Å². The molecule has 0 aliphatic rings. The summed E-state index contributed by atoms with van der Waals surface area (Å²) in [7, 11) is 0. The highest BCUT2D eigenvalue weighted by atomic mass is 35.5. The molecule has 0 saturated heterocycles. The van der Waals surface area contributed by atoms with Gasteiger partial charge in [-0.1, -0.05) is 0 Å². The molecule has 2 rings (SSSR count). The fourth-order valence-corrected chi connectivity index (χ4v) is 2.21. The van der Waals surface area contributed by atoms with Gasteiger partial charge >= 0.3 is 5.97 Å². The predicted octanol–water partition coefficient (Wildman–Crippen LogP) is 2.36. The first kappa shape index (κ1) is 17.0. The summed E-state index contributed by atoms with van der Waals surface area (Å²) in [6, 6.07) is 0.452. The van der Waals surface area contributed by atoms with Gasteiger partial charge in [0.05, 0.1) is 24.1 Å². The Morgan fingerprint density at radius 2 is 1.91 bits per heavy atom. The normalized spacial score (nSPS) is 10.8. The number of ether oxygens (including phenoxy) is 1. The molecule has 0 unspecified atom stereocenters. The van der Waals surface area contributed by atoms with Crippen LogP contribution in [0.2, 0.25) is 0 Å². The van der Waals surface area contributed by atoms with Crippen LogP contribution in [0.5, 0.6) is 0 Å². The summed E-state index contributed by atoms with van der Waals surface area (Å²) in [4.78, 5) is 35.1. The zero-order valence-corrected chi connectivity index (χ0v) is 12.4. The largest absolute Gasteiger partial charge is 0.462 e. The van der Waals surface area contributed by atoms with E-state index in [9.17, 15) is 27.6 Å². The second-order valence-electron chi connectivity index (χ2n) is 4.46. The lowest BCUT2D eigenvalue weighted by Crippen LogP contribution is -2.23. The van der Waals surface area contributed by atoms with Gasteiger partial charge in [0.25, 0.3) is 0 Å². The number of benzene rings is 1. The minimum Gasteiger partial charge on any atom is -0.462 e. The monoisotopic (exact) mass is 347 g/mol. The summed E-state index contributed by atoms with van der Waals surface area (Å²) in [5.74, 6) is -6.11. The summed E-state index contributed by atoms with van der Waals surface area (Å²) in [5.41, 5.74) is -2.27. The maximum Gasteiger partial charge on any atom is 0.343 e. The number of fused-ring (bicyclic) bond motifs is 1. The van der Waals surface area contributed by atoms with E-state index in [1.807, 2.05) is 0 Å². The van der Waals surface area contributed by atoms with Gasteiger partial charge in [-0.05, 0) is 24.6 Å². The molecule has 0 saturated carbocycles. The van der Waals surface area contributed by atoms with Crippen LogP contribution in [-0.4, -0.2) is 22.4 Å². The van der Waals surface area contributed by atoms with Gasteiger partial charge in [0.15, 0.2) is 17.5 Å². The van der Waals surface area contributed by atoms with Crippen LogP contribution in [0.3, 0.4) is 0 Å². The van der Waals surface area contributed by atoms with Gasteiger partial charge in [-0.3, -0.25) is 9.59 Å². The molecular formula is C14H9ClF3NO4. The number of hydrogen-bond acceptors (Lipinski definition) is 4. The first-order valence-corrected chi connectivity index (χ1v) is 6.71. The van der Waals surface area contributed by atoms with E-state index >= 15 is 0 Å². The van der Waals surface area contributed by atoms with Gasteiger partial charge in [0, 0.05) is 6.20 Å². The second kappa shape index (κ2) is 6.41. The van der Waals surface area contributed by atoms with Gasteiger partial charge in [0.2, 0.25) is 10.7 Å². The molecule has 122 valence electrons. The van der Waals surface area contributed by atoms with Gasteiger partial charge < -0.3 is 9.30 Å². The minimum atomic E-state index is -1.81. The van der Waals surface area contributed by atoms with E-state index in [1.165, 1.54) is 6.92 Å². The number of aromatic nitrogens is 1. The van der Waals surface area contributed by atoms with Crippen molar-refractivity contribution in [3.8, 4) is 0 Å². The number of carbonyl (C=O) groups is 2. The zero-order chi connectivity index (χ0) is 17.3. The SMILES string of the molecule is CCOC(=O)c1cn(CC(=O)Cl)c2c(F)c(F)c(F)cc2c1=O. The molecule has 0 aliphatic carbocycles. The van der Waals surface area contributed by atoms with Crippen LogP contribution in [0, 0.1) is 17.5 Å². The van der Waals surface area contributed by atoms with Crippen molar-refractivity contribution >= 4 is 33.7 Å². The number of esters is 1. The van der Waals surface area contributed by atoms with Gasteiger partial charge in [-0.15, -0.1) is 0 Å². The number of rotatable bonds is 4. The summed E-state index contributed by atoms with van der Waals surface area (Å²) in [6.45, 7) is 0.790. The van der Waals surface area contributed by atoms with E-state index in [0.717, 1.165) is 10.8 Å². The third kappa shape index (κ3) is 3.07. The molecule has 0 aliphatic heterocycles. The van der Waals surface area contributed by atoms with E-state index in [1.54, 1.807) is 0 Å². The van der Waals surface area contributed by atoms with Crippen LogP contribution in [0.4, 0.5) is 13.2 Å². The molecule has 0 radical (unpaired) electrons. The first-order valence-electron chi connectivity index (χ1n) is 6.34. The summed E-state index contributed by atoms with van der Waals surface area (Å²) < 4.78 is 46.2. The van der Waals surface area contributed by atoms with E-state index in [-0.39, 0.29) is 6.61 Å². The average Bonchev–Trinajstić information content (AvgIpc) is 2.47. The molecule has 1 heterocycles. The van der Waals surface area contributed by atoms with Crippen molar-refractivity contribution in [2.45, 2.75) is 13.5 Å². The highest BCUT2D eigenvalue weighted by Gasteiger charge is 2.23. The second-order valence-corrected chi connectivity index (χ2v) is 4.88. The minimum absolute atomic E-state index is 0.0448. The van der Waals surface area contributed by atoms with Crippen LogP contribution in [-0.2, 0) is 16.1 Å². The lowest BCUT2D eigenvalue weighted by atomic mass is 10.1. The van der Waals surface area contributed by atoms with Crippen molar-refractivity contribution in [3.63, 3.8) is 0 Å². The molecule has 5 nitrogen and oxygen atoms in total. The van der Waals surface area contributed by atoms with Crippen molar-refractivity contribution in [2.24, 2.45) is 0 Å². The summed E-state index contributed by atoms with van der Waals surface area (Å²) >= 11 is 5.22. The van der Waals surface area contributed by atoms with E-state index in [4.69, 9.17) is 11.6 Å². The smallest absolute Gasteiger partial charge is 0.343 e. The molecule has 2 aromatic rings. The number of nitrogens with zero attached hydrogens (tertiary/aromatic N) is 1. The highest BCUT2D eigenvalue weighted by molar-refractivity contribution is 6.63. The third-order valence-electron chi connectivity index (χ3n) is 2.99. The Hall–Kier alpha value is -2.35. The maximum absolute atomic E-state index is 14.0. The molecule has 0 amide bonds. The van der Waals surface area contributed by atoms with Gasteiger partial charge in [-0.2, -0.15) is 0 Å². The topological polar surface area (TPSA) is 65.4 Å². The van der Waals surface area contributed by atoms with Gasteiger partial charge in [-0.25, -0.2) is 18.0 Å². The number of hydrogen-bond donors (Lipinski definition) is 0. The molecule has 0 spiro atoms. The van der Waals surface area contributed by atoms with Gasteiger partial charge in [0.1, 0.15) is 5.56 Å². The van der Waals surface area contributed by atoms with Crippen LogP contribution < -0.4 is 5.43 Å². The zero-order valence-electron chi connectivity index (χ0n) is 11.7. The lowest BCUT2D eigenvalue weighted by Gasteiger charge is -2.12. The molecule has 0 bridgehead atoms. The number of halogens is 4. The lowest BCUT2D eigenvalue weighted by molar-refractivity contribution is -0.112. The van der Waals surface area contributed by atoms with Crippen molar-refractivity contribution in [1.82, 2.24) is 4.57 Å². The highest BCUT2D eigenvalue weighted by Crippen LogP contribution is 2.22. The van der Waals surface area contributed by atoms with Crippen molar-refractivity contribution in [3.05, 3.63) is 45.5 Å². The average molecular weight is 348 g/mol. The van der Waals surface area contributed by atoms with Crippen LogP contribution >= 0.6 is 11.6 Å². The van der Waals surface area contributed by atoms with Crippen LogP contribution in [0.15, 0.2) is 17.1 Å². The van der Waals surface area contributed by atoms with E-state index in [0.29, 0.717) is 6.07 Å². The number of pyridine rings is 1. The Kier molecular flexibility index (Phi) is 4.74. The fourth-order valence-electron chi connectivity index (χ4n) is 2.08. The van der Waals surface area contributed by atoms with E-state index in [2.05, 4.69) is 4.74 Å². The standard InChI is InChI=1S/C14H9ClF3NO4/c1-2-23-14(22)7-4-19(5-9(15)20)12-6(13(7)21)3-8(16)10(17)11(12)18/h3-4H,2,5H2,1H3. The summed E-state index contributed by atoms with van der Waals surface area (Å²) in [5, 5.41) is -1.57. The quantitative estimate of drug-likeness (QED) is 0.484. The molecule has 0 fully saturated rings. The summed E-state index contributed by atoms with van der Waals surface area (Å²) in [6.07, 6.45) is 0.823. The molecule has 23 heavy (non-hydrogen) atoms. The molecular weight excluding hydrogens is 339 g/mol. The Morgan fingerprint density at radius 3 is 2.48 bits per heavy atom. The first-order chi connectivity index (χ1) is 10.8. The Morgan fingerprint density at radius 1 is 1.26 bits per heavy atom. The molecule has 1 aromatic carbocycles. The molecule has 1 aromatic heterocycles. The Labute approximate surface area is 132 Å². The molecule has 9 heteroatoms. The maximum atomic E-state index is 14.0. The van der Waals surface area contributed by atoms with Crippen molar-refractivity contribution in [1.29, 1.82) is 0 Å².